The van der Waals surface area contributed by atoms with Crippen LogP contribution >= 0.6 is 0 Å². The fraction of sp³-hybridized carbons (Fsp3) is 0.316. The van der Waals surface area contributed by atoms with E-state index in [1.54, 1.807) is 4.90 Å². The number of hydrogen-bond acceptors (Lipinski definition) is 2. The molecular formula is C19H23NO2. The van der Waals surface area contributed by atoms with Crippen LogP contribution in [0.3, 0.4) is 0 Å². The topological polar surface area (TPSA) is 29.5 Å². The minimum atomic E-state index is 0.150. The molecule has 0 saturated heterocycles. The first-order chi connectivity index (χ1) is 10.7. The Kier molecular flexibility index (Phi) is 6.01. The van der Waals surface area contributed by atoms with Gasteiger partial charge in [0.2, 0.25) is 5.91 Å². The van der Waals surface area contributed by atoms with Crippen molar-refractivity contribution >= 4 is 5.91 Å². The highest BCUT2D eigenvalue weighted by Crippen LogP contribution is 2.15. The summed E-state index contributed by atoms with van der Waals surface area (Å²) in [5.41, 5.74) is 2.31. The molecule has 0 unspecified atom stereocenters. The number of amides is 1. The van der Waals surface area contributed by atoms with E-state index in [0.29, 0.717) is 19.6 Å². The number of nitrogens with zero attached hydrogens (tertiary/aromatic N) is 1. The first-order valence-corrected chi connectivity index (χ1v) is 7.63. The normalized spacial score (nSPS) is 10.3. The molecule has 22 heavy (non-hydrogen) atoms. The molecule has 0 aliphatic rings. The van der Waals surface area contributed by atoms with Crippen LogP contribution in [0.5, 0.6) is 5.75 Å². The molecule has 0 N–H and O–H groups in total. The third kappa shape index (κ3) is 4.92. The van der Waals surface area contributed by atoms with E-state index in [1.165, 1.54) is 5.56 Å². The molecular weight excluding hydrogens is 274 g/mol. The highest BCUT2D eigenvalue weighted by molar-refractivity contribution is 5.76. The highest BCUT2D eigenvalue weighted by atomic mass is 16.5. The van der Waals surface area contributed by atoms with Crippen molar-refractivity contribution in [3.63, 3.8) is 0 Å². The number of hydrogen-bond donors (Lipinski definition) is 0. The Bertz CT molecular complexity index is 595. The zero-order chi connectivity index (χ0) is 15.8. The van der Waals surface area contributed by atoms with Gasteiger partial charge in [-0.1, -0.05) is 48.5 Å². The molecule has 0 spiro atoms. The number of rotatable bonds is 7. The summed E-state index contributed by atoms with van der Waals surface area (Å²) in [4.78, 5) is 13.8. The van der Waals surface area contributed by atoms with Gasteiger partial charge in [-0.25, -0.2) is 0 Å². The van der Waals surface area contributed by atoms with Crippen molar-refractivity contribution in [2.24, 2.45) is 0 Å². The Hall–Kier alpha value is -2.29. The number of ether oxygens (including phenoxy) is 1. The van der Waals surface area contributed by atoms with Crippen LogP contribution in [-0.2, 0) is 11.2 Å². The third-order valence-electron chi connectivity index (χ3n) is 3.67. The molecule has 3 heteroatoms. The quantitative estimate of drug-likeness (QED) is 0.783. The zero-order valence-electron chi connectivity index (χ0n) is 13.3. The van der Waals surface area contributed by atoms with E-state index in [-0.39, 0.29) is 5.91 Å². The predicted molar refractivity (Wildman–Crippen MR) is 89.1 cm³/mol. The van der Waals surface area contributed by atoms with Crippen LogP contribution in [0.4, 0.5) is 0 Å². The van der Waals surface area contributed by atoms with Crippen LogP contribution in [0.25, 0.3) is 0 Å². The molecule has 0 fully saturated rings. The summed E-state index contributed by atoms with van der Waals surface area (Å²) in [5.74, 6) is 1.03. The first kappa shape index (κ1) is 16.1. The van der Waals surface area contributed by atoms with Gasteiger partial charge < -0.3 is 9.64 Å². The molecule has 0 saturated carbocycles. The second-order valence-corrected chi connectivity index (χ2v) is 5.41. The van der Waals surface area contributed by atoms with Gasteiger partial charge >= 0.3 is 0 Å². The molecule has 0 radical (unpaired) electrons. The van der Waals surface area contributed by atoms with E-state index in [2.05, 4.69) is 12.1 Å². The second kappa shape index (κ2) is 8.23. The van der Waals surface area contributed by atoms with Gasteiger partial charge in [0.05, 0.1) is 6.54 Å². The van der Waals surface area contributed by atoms with Crippen LogP contribution in [0.15, 0.2) is 54.6 Å². The number of para-hydroxylation sites is 1. The largest absolute Gasteiger partial charge is 0.491 e. The van der Waals surface area contributed by atoms with E-state index in [0.717, 1.165) is 17.7 Å². The first-order valence-electron chi connectivity index (χ1n) is 7.63. The van der Waals surface area contributed by atoms with Crippen molar-refractivity contribution in [3.05, 3.63) is 65.7 Å². The Morgan fingerprint density at radius 1 is 1.05 bits per heavy atom. The smallest absolute Gasteiger partial charge is 0.222 e. The Morgan fingerprint density at radius 3 is 2.45 bits per heavy atom. The average molecular weight is 297 g/mol. The maximum Gasteiger partial charge on any atom is 0.222 e. The Morgan fingerprint density at radius 2 is 1.73 bits per heavy atom. The van der Waals surface area contributed by atoms with Crippen LogP contribution in [0.1, 0.15) is 17.5 Å². The molecule has 0 aliphatic carbocycles. The molecule has 0 bridgehead atoms. The summed E-state index contributed by atoms with van der Waals surface area (Å²) in [7, 11) is 1.83. The number of carbonyl (C=O) groups is 1. The van der Waals surface area contributed by atoms with Gasteiger partial charge in [-0.2, -0.15) is 0 Å². The maximum absolute atomic E-state index is 12.1. The van der Waals surface area contributed by atoms with E-state index in [4.69, 9.17) is 4.74 Å². The summed E-state index contributed by atoms with van der Waals surface area (Å²) in [6.07, 6.45) is 1.31. The van der Waals surface area contributed by atoms with E-state index >= 15 is 0 Å². The van der Waals surface area contributed by atoms with Gasteiger partial charge in [-0.05, 0) is 30.5 Å². The van der Waals surface area contributed by atoms with Gasteiger partial charge in [-0.15, -0.1) is 0 Å². The zero-order valence-corrected chi connectivity index (χ0v) is 13.3. The van der Waals surface area contributed by atoms with Gasteiger partial charge in [0, 0.05) is 13.5 Å². The van der Waals surface area contributed by atoms with Crippen LogP contribution in [-0.4, -0.2) is 31.0 Å². The number of benzene rings is 2. The Balaban J connectivity index is 1.71. The van der Waals surface area contributed by atoms with Gasteiger partial charge in [0.1, 0.15) is 12.4 Å². The molecule has 116 valence electrons. The minimum absolute atomic E-state index is 0.150. The lowest BCUT2D eigenvalue weighted by atomic mass is 10.1. The third-order valence-corrected chi connectivity index (χ3v) is 3.67. The van der Waals surface area contributed by atoms with Gasteiger partial charge in [-0.3, -0.25) is 4.79 Å². The second-order valence-electron chi connectivity index (χ2n) is 5.41. The van der Waals surface area contributed by atoms with Crippen molar-refractivity contribution in [1.82, 2.24) is 4.90 Å². The lowest BCUT2D eigenvalue weighted by molar-refractivity contribution is -0.130. The van der Waals surface area contributed by atoms with Crippen LogP contribution in [0, 0.1) is 6.92 Å². The Labute approximate surface area is 132 Å². The van der Waals surface area contributed by atoms with Gasteiger partial charge in [0.25, 0.3) is 0 Å². The predicted octanol–water partition coefficient (Wildman–Crippen LogP) is 3.47. The lowest BCUT2D eigenvalue weighted by Gasteiger charge is -2.18. The summed E-state index contributed by atoms with van der Waals surface area (Å²) < 4.78 is 5.73. The van der Waals surface area contributed by atoms with Gasteiger partial charge in [0.15, 0.2) is 0 Å². The molecule has 0 heterocycles. The lowest BCUT2D eigenvalue weighted by Crippen LogP contribution is -2.31. The van der Waals surface area contributed by atoms with E-state index in [9.17, 15) is 4.79 Å². The molecule has 0 aliphatic heterocycles. The molecule has 1 amide bonds. The average Bonchev–Trinajstić information content (AvgIpc) is 2.55. The van der Waals surface area contributed by atoms with Crippen molar-refractivity contribution in [2.45, 2.75) is 19.8 Å². The van der Waals surface area contributed by atoms with Crippen molar-refractivity contribution in [3.8, 4) is 5.75 Å². The summed E-state index contributed by atoms with van der Waals surface area (Å²) in [5, 5.41) is 0. The molecule has 2 aromatic carbocycles. The summed E-state index contributed by atoms with van der Waals surface area (Å²) >= 11 is 0. The standard InChI is InChI=1S/C19H23NO2/c1-16-8-6-7-11-18(16)22-15-14-20(2)19(21)13-12-17-9-4-3-5-10-17/h3-11H,12-15H2,1-2H3. The molecule has 2 rings (SSSR count). The van der Waals surface area contributed by atoms with Crippen molar-refractivity contribution in [2.75, 3.05) is 20.2 Å². The molecule has 0 atom stereocenters. The summed E-state index contributed by atoms with van der Waals surface area (Å²) in [6.45, 7) is 3.13. The van der Waals surface area contributed by atoms with Crippen molar-refractivity contribution < 1.29 is 9.53 Å². The SMILES string of the molecule is Cc1ccccc1OCCN(C)C(=O)CCc1ccccc1. The number of aryl methyl sites for hydroxylation is 2. The van der Waals surface area contributed by atoms with Crippen LogP contribution < -0.4 is 4.74 Å². The van der Waals surface area contributed by atoms with Crippen molar-refractivity contribution in [1.29, 1.82) is 0 Å². The molecule has 0 aromatic heterocycles. The molecule has 3 nitrogen and oxygen atoms in total. The minimum Gasteiger partial charge on any atom is -0.491 e. The highest BCUT2D eigenvalue weighted by Gasteiger charge is 2.09. The fourth-order valence-corrected chi connectivity index (χ4v) is 2.22. The number of carbonyl (C=O) groups excluding carboxylic acids is 1. The molecule has 2 aromatic rings. The monoisotopic (exact) mass is 297 g/mol. The number of likely N-dealkylation sites (N-methyl/N-ethyl adjacent to an activating group) is 1. The summed E-state index contributed by atoms with van der Waals surface area (Å²) in [6, 6.07) is 18.0. The maximum atomic E-state index is 12.1. The van der Waals surface area contributed by atoms with E-state index in [1.807, 2.05) is 56.4 Å². The van der Waals surface area contributed by atoms with E-state index < -0.39 is 0 Å². The fourth-order valence-electron chi connectivity index (χ4n) is 2.22. The van der Waals surface area contributed by atoms with Crippen LogP contribution in [0.2, 0.25) is 0 Å².